The molecule has 1 heterocycles. The average molecular weight is 477 g/mol. The molecular formula is C24H26F3N3O4. The first kappa shape index (κ1) is 23.9. The number of ether oxygens (including phenoxy) is 2. The zero-order valence-electron chi connectivity index (χ0n) is 18.5. The number of hydrogen-bond donors (Lipinski definition) is 3. The monoisotopic (exact) mass is 477 g/mol. The largest absolute Gasteiger partial charge is 0.573 e. The fourth-order valence-electron chi connectivity index (χ4n) is 4.09. The van der Waals surface area contributed by atoms with Crippen molar-refractivity contribution in [2.24, 2.45) is 5.92 Å². The summed E-state index contributed by atoms with van der Waals surface area (Å²) in [7, 11) is 1.58. The molecule has 2 aromatic rings. The van der Waals surface area contributed by atoms with Crippen LogP contribution in [0.4, 0.5) is 13.2 Å². The van der Waals surface area contributed by atoms with Gasteiger partial charge in [0.25, 0.3) is 0 Å². The molecule has 2 unspecified atom stereocenters. The zero-order valence-corrected chi connectivity index (χ0v) is 18.5. The lowest BCUT2D eigenvalue weighted by atomic mass is 10.00. The van der Waals surface area contributed by atoms with E-state index >= 15 is 0 Å². The summed E-state index contributed by atoms with van der Waals surface area (Å²) >= 11 is 0. The molecule has 3 atom stereocenters. The average Bonchev–Trinajstić information content (AvgIpc) is 3.62. The van der Waals surface area contributed by atoms with Gasteiger partial charge < -0.3 is 20.1 Å². The van der Waals surface area contributed by atoms with Crippen LogP contribution in [0.15, 0.2) is 48.5 Å². The maximum atomic E-state index is 13.1. The first-order chi connectivity index (χ1) is 16.2. The van der Waals surface area contributed by atoms with Gasteiger partial charge in [-0.25, -0.2) is 0 Å². The molecule has 0 aromatic heterocycles. The third kappa shape index (κ3) is 6.40. The van der Waals surface area contributed by atoms with Gasteiger partial charge in [0.05, 0.1) is 31.8 Å². The minimum atomic E-state index is -4.76. The van der Waals surface area contributed by atoms with E-state index in [9.17, 15) is 22.8 Å². The second kappa shape index (κ2) is 9.92. The number of carbonyl (C=O) groups is 2. The van der Waals surface area contributed by atoms with Crippen LogP contribution in [0.5, 0.6) is 11.5 Å². The maximum Gasteiger partial charge on any atom is 0.573 e. The molecule has 4 rings (SSSR count). The molecule has 2 aromatic carbocycles. The summed E-state index contributed by atoms with van der Waals surface area (Å²) in [5.74, 6) is 0.0665. The molecule has 0 radical (unpaired) electrons. The van der Waals surface area contributed by atoms with Crippen molar-refractivity contribution < 1.29 is 32.2 Å². The van der Waals surface area contributed by atoms with Gasteiger partial charge in [-0.1, -0.05) is 24.3 Å². The van der Waals surface area contributed by atoms with Crippen LogP contribution in [-0.2, 0) is 16.0 Å². The van der Waals surface area contributed by atoms with Gasteiger partial charge in [-0.2, -0.15) is 0 Å². The van der Waals surface area contributed by atoms with Crippen LogP contribution in [0, 0.1) is 5.92 Å². The molecule has 1 saturated heterocycles. The molecule has 0 spiro atoms. The number of rotatable bonds is 8. The predicted octanol–water partition coefficient (Wildman–Crippen LogP) is 3.21. The Morgan fingerprint density at radius 1 is 1.09 bits per heavy atom. The quantitative estimate of drug-likeness (QED) is 0.544. The molecule has 3 N–H and O–H groups in total. The van der Waals surface area contributed by atoms with Crippen molar-refractivity contribution >= 4 is 11.8 Å². The molecule has 7 nitrogen and oxygen atoms in total. The summed E-state index contributed by atoms with van der Waals surface area (Å²) in [6.07, 6.45) is -2.87. The van der Waals surface area contributed by atoms with Crippen molar-refractivity contribution in [3.05, 3.63) is 59.7 Å². The predicted molar refractivity (Wildman–Crippen MR) is 117 cm³/mol. The minimum absolute atomic E-state index is 0.000688. The molecule has 1 aliphatic carbocycles. The van der Waals surface area contributed by atoms with Gasteiger partial charge in [-0.3, -0.25) is 14.9 Å². The lowest BCUT2D eigenvalue weighted by Gasteiger charge is -2.32. The standard InChI is InChI=1S/C24H26F3N3O4/c1-33-17-8-2-14(3-9-17)12-20-28-19(13-21(31)29-20)23(32)30-22(15-4-5-15)16-6-10-18(11-7-16)34-24(25,26)27/h2-3,6-11,15,19-20,22,28H,4-5,12-13H2,1H3,(H,29,31)(H,30,32)/t19?,20?,22-/m1/s1. The highest BCUT2D eigenvalue weighted by Gasteiger charge is 2.37. The highest BCUT2D eigenvalue weighted by atomic mass is 19.4. The maximum absolute atomic E-state index is 13.1. The van der Waals surface area contributed by atoms with E-state index in [4.69, 9.17) is 4.74 Å². The van der Waals surface area contributed by atoms with Gasteiger partial charge in [-0.15, -0.1) is 13.2 Å². The number of nitrogens with one attached hydrogen (secondary N) is 3. The Morgan fingerprint density at radius 2 is 1.74 bits per heavy atom. The Bertz CT molecular complexity index is 1010. The van der Waals surface area contributed by atoms with Crippen LogP contribution in [0.25, 0.3) is 0 Å². The molecule has 10 heteroatoms. The normalized spacial score (nSPS) is 21.4. The van der Waals surface area contributed by atoms with E-state index < -0.39 is 18.6 Å². The van der Waals surface area contributed by atoms with Gasteiger partial charge in [0.2, 0.25) is 11.8 Å². The first-order valence-electron chi connectivity index (χ1n) is 11.0. The third-order valence-corrected chi connectivity index (χ3v) is 5.91. The third-order valence-electron chi connectivity index (χ3n) is 5.91. The summed E-state index contributed by atoms with van der Waals surface area (Å²) in [4.78, 5) is 25.3. The van der Waals surface area contributed by atoms with Crippen LogP contribution in [0.1, 0.15) is 36.4 Å². The number of hydrogen-bond acceptors (Lipinski definition) is 5. The molecule has 2 fully saturated rings. The Balaban J connectivity index is 1.39. The smallest absolute Gasteiger partial charge is 0.497 e. The van der Waals surface area contributed by atoms with Crippen LogP contribution < -0.4 is 25.4 Å². The Kier molecular flexibility index (Phi) is 6.97. The van der Waals surface area contributed by atoms with Crippen molar-refractivity contribution in [3.8, 4) is 11.5 Å². The van der Waals surface area contributed by atoms with Crippen molar-refractivity contribution in [1.29, 1.82) is 0 Å². The number of benzene rings is 2. The second-order valence-electron chi connectivity index (χ2n) is 8.54. The second-order valence-corrected chi connectivity index (χ2v) is 8.54. The van der Waals surface area contributed by atoms with E-state index in [1.807, 2.05) is 24.3 Å². The van der Waals surface area contributed by atoms with E-state index in [1.165, 1.54) is 24.3 Å². The Labute approximate surface area is 195 Å². The van der Waals surface area contributed by atoms with Gasteiger partial charge in [0.1, 0.15) is 11.5 Å². The van der Waals surface area contributed by atoms with Gasteiger partial charge in [0.15, 0.2) is 0 Å². The van der Waals surface area contributed by atoms with Crippen molar-refractivity contribution in [1.82, 2.24) is 16.0 Å². The zero-order chi connectivity index (χ0) is 24.3. The van der Waals surface area contributed by atoms with Gasteiger partial charge in [0, 0.05) is 6.42 Å². The van der Waals surface area contributed by atoms with Crippen LogP contribution >= 0.6 is 0 Å². The minimum Gasteiger partial charge on any atom is -0.497 e. The molecule has 1 saturated carbocycles. The van der Waals surface area contributed by atoms with Crippen LogP contribution in [0.3, 0.4) is 0 Å². The number of alkyl halides is 3. The molecule has 1 aliphatic heterocycles. The topological polar surface area (TPSA) is 88.7 Å². The van der Waals surface area contributed by atoms with E-state index in [1.54, 1.807) is 7.11 Å². The lowest BCUT2D eigenvalue weighted by molar-refractivity contribution is -0.274. The summed E-state index contributed by atoms with van der Waals surface area (Å²) in [6.45, 7) is 0. The SMILES string of the molecule is COc1ccc(CC2NC(=O)CC(C(=O)N[C@@H](c3ccc(OC(F)(F)F)cc3)C3CC3)N2)cc1. The fourth-order valence-corrected chi connectivity index (χ4v) is 4.09. The molecule has 2 amide bonds. The first-order valence-corrected chi connectivity index (χ1v) is 11.0. The number of methoxy groups -OCH3 is 1. The molecule has 0 bridgehead atoms. The molecular weight excluding hydrogens is 451 g/mol. The van der Waals surface area contributed by atoms with E-state index in [0.29, 0.717) is 12.0 Å². The molecule has 182 valence electrons. The van der Waals surface area contributed by atoms with Crippen LogP contribution in [-0.4, -0.2) is 37.5 Å². The van der Waals surface area contributed by atoms with E-state index in [2.05, 4.69) is 20.7 Å². The summed E-state index contributed by atoms with van der Waals surface area (Å²) in [6, 6.07) is 11.9. The highest BCUT2D eigenvalue weighted by Crippen LogP contribution is 2.41. The van der Waals surface area contributed by atoms with Crippen molar-refractivity contribution in [2.45, 2.75) is 50.3 Å². The molecule has 2 aliphatic rings. The number of carbonyl (C=O) groups excluding carboxylic acids is 2. The fraction of sp³-hybridized carbons (Fsp3) is 0.417. The number of amides is 2. The summed E-state index contributed by atoms with van der Waals surface area (Å²) in [5.41, 5.74) is 1.66. The summed E-state index contributed by atoms with van der Waals surface area (Å²) < 4.78 is 46.4. The van der Waals surface area contributed by atoms with Gasteiger partial charge in [-0.05, 0) is 54.2 Å². The lowest BCUT2D eigenvalue weighted by Crippen LogP contribution is -2.61. The number of halogens is 3. The van der Waals surface area contributed by atoms with Crippen LogP contribution in [0.2, 0.25) is 0 Å². The Hall–Kier alpha value is -3.27. The summed E-state index contributed by atoms with van der Waals surface area (Å²) in [5, 5.41) is 9.04. The Morgan fingerprint density at radius 3 is 2.32 bits per heavy atom. The van der Waals surface area contributed by atoms with Crippen molar-refractivity contribution in [3.63, 3.8) is 0 Å². The van der Waals surface area contributed by atoms with E-state index in [-0.39, 0.29) is 35.9 Å². The van der Waals surface area contributed by atoms with E-state index in [0.717, 1.165) is 24.2 Å². The van der Waals surface area contributed by atoms with Gasteiger partial charge >= 0.3 is 6.36 Å². The molecule has 34 heavy (non-hydrogen) atoms. The van der Waals surface area contributed by atoms with Crippen molar-refractivity contribution in [2.75, 3.05) is 7.11 Å². The highest BCUT2D eigenvalue weighted by molar-refractivity contribution is 5.89.